The molecule has 2 aromatic heterocycles. The van der Waals surface area contributed by atoms with E-state index in [0.717, 1.165) is 6.54 Å². The van der Waals surface area contributed by atoms with Crippen molar-refractivity contribution in [3.8, 4) is 0 Å². The number of pyridine rings is 1. The van der Waals surface area contributed by atoms with Crippen molar-refractivity contribution < 1.29 is 9.72 Å². The molecule has 1 N–H and O–H groups in total. The highest BCUT2D eigenvalue weighted by molar-refractivity contribution is 5.92. The number of aryl methyl sites for hydroxylation is 1. The number of rotatable bonds is 5. The molecular weight excluding hydrogens is 324 g/mol. The summed E-state index contributed by atoms with van der Waals surface area (Å²) in [7, 11) is 0. The Morgan fingerprint density at radius 1 is 1.44 bits per heavy atom. The molecule has 3 heterocycles. The Hall–Kier alpha value is -2.97. The van der Waals surface area contributed by atoms with Gasteiger partial charge in [-0.1, -0.05) is 0 Å². The van der Waals surface area contributed by atoms with Crippen molar-refractivity contribution in [2.75, 3.05) is 23.3 Å². The zero-order chi connectivity index (χ0) is 17.8. The monoisotopic (exact) mass is 344 g/mol. The SMILES string of the molecule is CCn1cc(NC(=O)C2CCN(c3ncccc3[N+](=O)[O-])CC2)cn1. The van der Waals surface area contributed by atoms with Gasteiger partial charge in [-0.2, -0.15) is 5.10 Å². The lowest BCUT2D eigenvalue weighted by Crippen LogP contribution is -2.38. The van der Waals surface area contributed by atoms with Gasteiger partial charge in [0, 0.05) is 44.0 Å². The third-order valence-electron chi connectivity index (χ3n) is 4.35. The molecule has 0 unspecified atom stereocenters. The first-order valence-corrected chi connectivity index (χ1v) is 8.26. The van der Waals surface area contributed by atoms with E-state index in [1.54, 1.807) is 29.3 Å². The summed E-state index contributed by atoms with van der Waals surface area (Å²) >= 11 is 0. The largest absolute Gasteiger partial charge is 0.351 e. The lowest BCUT2D eigenvalue weighted by molar-refractivity contribution is -0.384. The molecule has 132 valence electrons. The maximum Gasteiger partial charge on any atom is 0.311 e. The van der Waals surface area contributed by atoms with Gasteiger partial charge in [-0.25, -0.2) is 4.98 Å². The van der Waals surface area contributed by atoms with Crippen LogP contribution in [0.5, 0.6) is 0 Å². The quantitative estimate of drug-likeness (QED) is 0.657. The Bertz CT molecular complexity index is 767. The number of anilines is 2. The number of piperidine rings is 1. The molecule has 9 heteroatoms. The second kappa shape index (κ2) is 7.29. The van der Waals surface area contributed by atoms with Gasteiger partial charge in [-0.3, -0.25) is 19.6 Å². The molecule has 2 aromatic rings. The molecule has 0 atom stereocenters. The van der Waals surface area contributed by atoms with Crippen LogP contribution in [-0.2, 0) is 11.3 Å². The Labute approximate surface area is 144 Å². The maximum atomic E-state index is 12.4. The molecule has 1 saturated heterocycles. The van der Waals surface area contributed by atoms with Crippen molar-refractivity contribution in [3.63, 3.8) is 0 Å². The first-order chi connectivity index (χ1) is 12.1. The maximum absolute atomic E-state index is 12.4. The van der Waals surface area contributed by atoms with Gasteiger partial charge < -0.3 is 10.2 Å². The molecule has 0 aromatic carbocycles. The molecule has 1 aliphatic heterocycles. The second-order valence-corrected chi connectivity index (χ2v) is 5.94. The number of aromatic nitrogens is 3. The normalized spacial score (nSPS) is 15.2. The van der Waals surface area contributed by atoms with E-state index >= 15 is 0 Å². The number of hydrogen-bond acceptors (Lipinski definition) is 6. The van der Waals surface area contributed by atoms with E-state index in [4.69, 9.17) is 0 Å². The predicted octanol–water partition coefficient (Wildman–Crippen LogP) is 2.06. The van der Waals surface area contributed by atoms with Gasteiger partial charge >= 0.3 is 5.69 Å². The molecule has 0 saturated carbocycles. The van der Waals surface area contributed by atoms with Crippen LogP contribution in [0.2, 0.25) is 0 Å². The summed E-state index contributed by atoms with van der Waals surface area (Å²) < 4.78 is 1.75. The van der Waals surface area contributed by atoms with Gasteiger partial charge in [-0.15, -0.1) is 0 Å². The van der Waals surface area contributed by atoms with Gasteiger partial charge in [0.25, 0.3) is 0 Å². The van der Waals surface area contributed by atoms with Gasteiger partial charge in [-0.05, 0) is 25.8 Å². The summed E-state index contributed by atoms with van der Waals surface area (Å²) in [6.45, 7) is 3.84. The molecule has 1 fully saturated rings. The van der Waals surface area contributed by atoms with E-state index in [1.807, 2.05) is 11.8 Å². The van der Waals surface area contributed by atoms with Gasteiger partial charge in [0.15, 0.2) is 0 Å². The van der Waals surface area contributed by atoms with Crippen LogP contribution in [0.4, 0.5) is 17.2 Å². The lowest BCUT2D eigenvalue weighted by atomic mass is 9.95. The molecule has 9 nitrogen and oxygen atoms in total. The van der Waals surface area contributed by atoms with Crippen LogP contribution in [0.1, 0.15) is 19.8 Å². The summed E-state index contributed by atoms with van der Waals surface area (Å²) in [6, 6.07) is 3.00. The zero-order valence-corrected chi connectivity index (χ0v) is 14.0. The first kappa shape index (κ1) is 16.9. The van der Waals surface area contributed by atoms with Crippen LogP contribution in [-0.4, -0.2) is 38.7 Å². The van der Waals surface area contributed by atoms with Crippen molar-refractivity contribution in [2.45, 2.75) is 26.3 Å². The Balaban J connectivity index is 1.60. The fourth-order valence-corrected chi connectivity index (χ4v) is 2.97. The van der Waals surface area contributed by atoms with Crippen molar-refractivity contribution in [1.82, 2.24) is 14.8 Å². The third kappa shape index (κ3) is 3.76. The van der Waals surface area contributed by atoms with E-state index in [2.05, 4.69) is 15.4 Å². The van der Waals surface area contributed by atoms with E-state index in [1.165, 1.54) is 6.07 Å². The van der Waals surface area contributed by atoms with Gasteiger partial charge in [0.2, 0.25) is 11.7 Å². The number of amides is 1. The van der Waals surface area contributed by atoms with Crippen LogP contribution < -0.4 is 10.2 Å². The van der Waals surface area contributed by atoms with Crippen LogP contribution in [0.15, 0.2) is 30.7 Å². The van der Waals surface area contributed by atoms with Crippen molar-refractivity contribution >= 4 is 23.1 Å². The summed E-state index contributed by atoms with van der Waals surface area (Å²) in [5, 5.41) is 18.2. The van der Waals surface area contributed by atoms with Crippen molar-refractivity contribution in [1.29, 1.82) is 0 Å². The molecule has 1 aliphatic rings. The van der Waals surface area contributed by atoms with Gasteiger partial charge in [0.05, 0.1) is 16.8 Å². The Kier molecular flexibility index (Phi) is 4.92. The lowest BCUT2D eigenvalue weighted by Gasteiger charge is -2.31. The van der Waals surface area contributed by atoms with Gasteiger partial charge in [0.1, 0.15) is 0 Å². The third-order valence-corrected chi connectivity index (χ3v) is 4.35. The number of nitro groups is 1. The molecular formula is C16H20N6O3. The topological polar surface area (TPSA) is 106 Å². The minimum absolute atomic E-state index is 0.00242. The van der Waals surface area contributed by atoms with Crippen LogP contribution in [0, 0.1) is 16.0 Å². The van der Waals surface area contributed by atoms with E-state index in [9.17, 15) is 14.9 Å². The molecule has 0 spiro atoms. The predicted molar refractivity (Wildman–Crippen MR) is 92.4 cm³/mol. The highest BCUT2D eigenvalue weighted by Gasteiger charge is 2.29. The first-order valence-electron chi connectivity index (χ1n) is 8.26. The smallest absolute Gasteiger partial charge is 0.311 e. The number of carbonyl (C=O) groups is 1. The standard InChI is InChI=1S/C16H20N6O3/c1-2-21-11-13(10-18-21)19-16(23)12-5-8-20(9-6-12)15-14(22(24)25)4-3-7-17-15/h3-4,7,10-12H,2,5-6,8-9H2,1H3,(H,19,23). The highest BCUT2D eigenvalue weighted by atomic mass is 16.6. The fraction of sp³-hybridized carbons (Fsp3) is 0.438. The number of nitrogens with one attached hydrogen (secondary N) is 1. The fourth-order valence-electron chi connectivity index (χ4n) is 2.97. The minimum atomic E-state index is -0.424. The zero-order valence-electron chi connectivity index (χ0n) is 14.0. The summed E-state index contributed by atoms with van der Waals surface area (Å²) in [6.07, 6.45) is 6.23. The van der Waals surface area contributed by atoms with E-state index < -0.39 is 4.92 Å². The number of carbonyl (C=O) groups excluding carboxylic acids is 1. The van der Waals surface area contributed by atoms with Crippen LogP contribution >= 0.6 is 0 Å². The summed E-state index contributed by atoms with van der Waals surface area (Å²) in [5.41, 5.74) is 0.687. The van der Waals surface area contributed by atoms with E-state index in [-0.39, 0.29) is 17.5 Å². The van der Waals surface area contributed by atoms with Crippen LogP contribution in [0.3, 0.4) is 0 Å². The molecule has 25 heavy (non-hydrogen) atoms. The van der Waals surface area contributed by atoms with E-state index in [0.29, 0.717) is 37.4 Å². The molecule has 0 radical (unpaired) electrons. The van der Waals surface area contributed by atoms with Crippen molar-refractivity contribution in [2.24, 2.45) is 5.92 Å². The molecule has 1 amide bonds. The Morgan fingerprint density at radius 2 is 2.20 bits per heavy atom. The average molecular weight is 344 g/mol. The molecule has 0 aliphatic carbocycles. The molecule has 3 rings (SSSR count). The second-order valence-electron chi connectivity index (χ2n) is 5.94. The summed E-state index contributed by atoms with van der Waals surface area (Å²) in [4.78, 5) is 29.1. The summed E-state index contributed by atoms with van der Waals surface area (Å²) in [5.74, 6) is 0.213. The Morgan fingerprint density at radius 3 is 2.84 bits per heavy atom. The highest BCUT2D eigenvalue weighted by Crippen LogP contribution is 2.29. The number of hydrogen-bond donors (Lipinski definition) is 1. The number of nitrogens with zero attached hydrogens (tertiary/aromatic N) is 5. The van der Waals surface area contributed by atoms with Crippen LogP contribution in [0.25, 0.3) is 0 Å². The minimum Gasteiger partial charge on any atom is -0.351 e. The van der Waals surface area contributed by atoms with Crippen molar-refractivity contribution in [3.05, 3.63) is 40.8 Å². The average Bonchev–Trinajstić information content (AvgIpc) is 3.09. The molecule has 0 bridgehead atoms.